The number of nitrogens with zero attached hydrogens (tertiary/aromatic N) is 4. The monoisotopic (exact) mass is 597 g/mol. The lowest BCUT2D eigenvalue weighted by Gasteiger charge is -2.33. The molecule has 3 heterocycles. The molecule has 10 nitrogen and oxygen atoms in total. The van der Waals surface area contributed by atoms with Crippen LogP contribution in [0.2, 0.25) is 0 Å². The second kappa shape index (κ2) is 12.4. The van der Waals surface area contributed by atoms with Crippen LogP contribution in [0.25, 0.3) is 22.0 Å². The SMILES string of the molecule is CCn1cc(OC(F)C(F)F)c(C(=O)Nc2ccc(-c3cc(C4CCN(C(=O)C(C)C)CC4)cc4[nH]nc(N)c34)cc2)n1. The predicted octanol–water partition coefficient (Wildman–Crippen LogP) is 5.58. The largest absolute Gasteiger partial charge is 0.450 e. The van der Waals surface area contributed by atoms with E-state index in [1.807, 2.05) is 30.9 Å². The van der Waals surface area contributed by atoms with E-state index in [2.05, 4.69) is 37.5 Å². The zero-order valence-electron chi connectivity index (χ0n) is 24.1. The molecule has 0 spiro atoms. The number of nitrogens with one attached hydrogen (secondary N) is 2. The first kappa shape index (κ1) is 29.9. The molecule has 228 valence electrons. The lowest BCUT2D eigenvalue weighted by molar-refractivity contribution is -0.135. The minimum atomic E-state index is -3.37. The number of carbonyl (C=O) groups excluding carboxylic acids is 2. The number of benzene rings is 2. The van der Waals surface area contributed by atoms with E-state index in [9.17, 15) is 22.8 Å². The highest BCUT2D eigenvalue weighted by atomic mass is 19.3. The van der Waals surface area contributed by atoms with Crippen molar-refractivity contribution in [1.82, 2.24) is 24.9 Å². The van der Waals surface area contributed by atoms with E-state index in [-0.39, 0.29) is 29.2 Å². The van der Waals surface area contributed by atoms with Crippen LogP contribution in [-0.2, 0) is 11.3 Å². The van der Waals surface area contributed by atoms with Gasteiger partial charge in [-0.05, 0) is 66.6 Å². The number of amides is 2. The Kier molecular flexibility index (Phi) is 8.60. The smallest absolute Gasteiger partial charge is 0.304 e. The quantitative estimate of drug-likeness (QED) is 0.231. The van der Waals surface area contributed by atoms with Crippen molar-refractivity contribution >= 4 is 34.2 Å². The highest BCUT2D eigenvalue weighted by Gasteiger charge is 2.28. The van der Waals surface area contributed by atoms with Gasteiger partial charge in [-0.1, -0.05) is 26.0 Å². The van der Waals surface area contributed by atoms with E-state index in [4.69, 9.17) is 5.73 Å². The molecule has 0 saturated carbocycles. The highest BCUT2D eigenvalue weighted by Crippen LogP contribution is 2.38. The van der Waals surface area contributed by atoms with E-state index < -0.39 is 18.7 Å². The standard InChI is InChI=1S/C30H34F3N7O3/c1-4-40-15-23(43-27(33)26(31)32)25(38-40)29(41)35-20-7-5-18(6-8-20)21-13-19(14-22-24(21)28(34)37-36-22)17-9-11-39(12-10-17)30(42)16(2)3/h5-8,13-17,26-27H,4,9-12H2,1-3H3,(H,35,41)(H3,34,36,37). The summed E-state index contributed by atoms with van der Waals surface area (Å²) in [5.74, 6) is -0.348. The first-order chi connectivity index (χ1) is 20.5. The molecule has 13 heteroatoms. The number of carbonyl (C=O) groups is 2. The van der Waals surface area contributed by atoms with E-state index >= 15 is 0 Å². The predicted molar refractivity (Wildman–Crippen MR) is 157 cm³/mol. The molecule has 4 aromatic rings. The highest BCUT2D eigenvalue weighted by molar-refractivity contribution is 6.05. The summed E-state index contributed by atoms with van der Waals surface area (Å²) in [6.07, 6.45) is -3.37. The van der Waals surface area contributed by atoms with E-state index in [0.717, 1.165) is 40.4 Å². The Morgan fingerprint density at radius 1 is 1.14 bits per heavy atom. The van der Waals surface area contributed by atoms with Crippen LogP contribution in [0.4, 0.5) is 24.7 Å². The van der Waals surface area contributed by atoms with Crippen molar-refractivity contribution in [3.63, 3.8) is 0 Å². The van der Waals surface area contributed by atoms with Gasteiger partial charge in [0.15, 0.2) is 17.3 Å². The van der Waals surface area contributed by atoms with E-state index in [1.165, 1.54) is 10.9 Å². The number of halogens is 3. The first-order valence-electron chi connectivity index (χ1n) is 14.2. The molecule has 4 N–H and O–H groups in total. The number of rotatable bonds is 9. The van der Waals surface area contributed by atoms with Crippen molar-refractivity contribution in [2.24, 2.45) is 5.92 Å². The molecule has 1 aliphatic heterocycles. The second-order valence-electron chi connectivity index (χ2n) is 10.9. The van der Waals surface area contributed by atoms with Crippen molar-refractivity contribution in [3.05, 3.63) is 53.9 Å². The molecule has 2 aromatic heterocycles. The van der Waals surface area contributed by atoms with Crippen LogP contribution in [0.1, 0.15) is 55.6 Å². The van der Waals surface area contributed by atoms with Crippen molar-refractivity contribution in [3.8, 4) is 16.9 Å². The number of aromatic nitrogens is 4. The van der Waals surface area contributed by atoms with Gasteiger partial charge < -0.3 is 20.7 Å². The average Bonchev–Trinajstić information content (AvgIpc) is 3.59. The fourth-order valence-corrected chi connectivity index (χ4v) is 5.37. The summed E-state index contributed by atoms with van der Waals surface area (Å²) in [5.41, 5.74) is 9.95. The summed E-state index contributed by atoms with van der Waals surface area (Å²) in [4.78, 5) is 27.3. The van der Waals surface area contributed by atoms with Gasteiger partial charge in [-0.3, -0.25) is 19.4 Å². The zero-order valence-corrected chi connectivity index (χ0v) is 24.1. The third-order valence-corrected chi connectivity index (χ3v) is 7.64. The molecule has 0 aliphatic carbocycles. The Hall–Kier alpha value is -4.55. The van der Waals surface area contributed by atoms with Crippen LogP contribution >= 0.6 is 0 Å². The number of anilines is 2. The van der Waals surface area contributed by atoms with Crippen LogP contribution in [-0.4, -0.2) is 62.6 Å². The fraction of sp³-hybridized carbons (Fsp3) is 0.400. The molecule has 0 radical (unpaired) electrons. The van der Waals surface area contributed by atoms with Gasteiger partial charge >= 0.3 is 6.43 Å². The lowest BCUT2D eigenvalue weighted by atomic mass is 9.86. The van der Waals surface area contributed by atoms with Gasteiger partial charge in [-0.15, -0.1) is 0 Å². The number of nitrogens with two attached hydrogens (primary N) is 1. The number of alkyl halides is 3. The van der Waals surface area contributed by atoms with Gasteiger partial charge in [0.1, 0.15) is 0 Å². The molecular formula is C30H34F3N7O3. The average molecular weight is 598 g/mol. The van der Waals surface area contributed by atoms with Gasteiger partial charge in [0.05, 0.1) is 17.1 Å². The lowest BCUT2D eigenvalue weighted by Crippen LogP contribution is -2.40. The molecule has 1 atom stereocenters. The molecule has 1 saturated heterocycles. The summed E-state index contributed by atoms with van der Waals surface area (Å²) in [6, 6.07) is 11.2. The van der Waals surface area contributed by atoms with Crippen molar-refractivity contribution in [2.45, 2.75) is 58.9 Å². The number of ether oxygens (including phenoxy) is 1. The maximum Gasteiger partial charge on any atom is 0.304 e. The van der Waals surface area contributed by atoms with Crippen LogP contribution in [0.3, 0.4) is 0 Å². The van der Waals surface area contributed by atoms with Gasteiger partial charge in [0.25, 0.3) is 12.3 Å². The van der Waals surface area contributed by atoms with Crippen LogP contribution < -0.4 is 15.8 Å². The third-order valence-electron chi connectivity index (χ3n) is 7.64. The summed E-state index contributed by atoms with van der Waals surface area (Å²) in [5, 5.41) is 14.7. The number of hydrogen-bond donors (Lipinski definition) is 3. The molecule has 2 amide bonds. The topological polar surface area (TPSA) is 131 Å². The number of nitrogen functional groups attached to an aromatic ring is 1. The third kappa shape index (κ3) is 6.30. The minimum absolute atomic E-state index is 0.0303. The Balaban J connectivity index is 1.37. The summed E-state index contributed by atoms with van der Waals surface area (Å²) in [7, 11) is 0. The molecule has 1 unspecified atom stereocenters. The maximum atomic E-state index is 13.6. The molecule has 0 bridgehead atoms. The molecule has 5 rings (SSSR count). The van der Waals surface area contributed by atoms with Gasteiger partial charge in [-0.25, -0.2) is 8.78 Å². The van der Waals surface area contributed by atoms with Crippen LogP contribution in [0.15, 0.2) is 42.6 Å². The number of aromatic amines is 1. The first-order valence-corrected chi connectivity index (χ1v) is 14.2. The normalized spacial score (nSPS) is 14.9. The number of piperidine rings is 1. The molecular weight excluding hydrogens is 563 g/mol. The molecule has 2 aromatic carbocycles. The zero-order chi connectivity index (χ0) is 30.8. The summed E-state index contributed by atoms with van der Waals surface area (Å²) in [6.45, 7) is 7.28. The van der Waals surface area contributed by atoms with Gasteiger partial charge in [0.2, 0.25) is 5.91 Å². The number of H-pyrrole nitrogens is 1. The van der Waals surface area contributed by atoms with Crippen LogP contribution in [0.5, 0.6) is 5.75 Å². The second-order valence-corrected chi connectivity index (χ2v) is 10.9. The number of hydrogen-bond acceptors (Lipinski definition) is 6. The van der Waals surface area contributed by atoms with Crippen molar-refractivity contribution in [1.29, 1.82) is 0 Å². The Morgan fingerprint density at radius 3 is 2.47 bits per heavy atom. The Labute approximate surface area is 246 Å². The number of likely N-dealkylation sites (tertiary alicyclic amines) is 1. The molecule has 1 fully saturated rings. The molecule has 1 aliphatic rings. The van der Waals surface area contributed by atoms with Gasteiger partial charge in [-0.2, -0.15) is 14.6 Å². The van der Waals surface area contributed by atoms with Crippen LogP contribution in [0, 0.1) is 5.92 Å². The van der Waals surface area contributed by atoms with Crippen molar-refractivity contribution < 1.29 is 27.5 Å². The van der Waals surface area contributed by atoms with E-state index in [0.29, 0.717) is 31.1 Å². The maximum absolute atomic E-state index is 13.6. The minimum Gasteiger partial charge on any atom is -0.450 e. The summed E-state index contributed by atoms with van der Waals surface area (Å²) >= 11 is 0. The summed E-state index contributed by atoms with van der Waals surface area (Å²) < 4.78 is 44.9. The molecule has 43 heavy (non-hydrogen) atoms. The number of fused-ring (bicyclic) bond motifs is 1. The van der Waals surface area contributed by atoms with Gasteiger partial charge in [0, 0.05) is 31.2 Å². The number of aryl methyl sites for hydroxylation is 1. The fourth-order valence-electron chi connectivity index (χ4n) is 5.37. The Bertz CT molecular complexity index is 1610. The van der Waals surface area contributed by atoms with Crippen molar-refractivity contribution in [2.75, 3.05) is 24.1 Å². The Morgan fingerprint density at radius 2 is 1.84 bits per heavy atom. The van der Waals surface area contributed by atoms with E-state index in [1.54, 1.807) is 19.1 Å².